The standard InChI is InChI=1S/C21H21FN4O4/c1-14(15-8-4-3-5-9-15)25-20(28)18(19(27)23-12-13-30-2)24-26(21(25)29)17-11-7-6-10-16(17)22/h3-11,14H,12-13H2,1-2H3,(H,23,27)/t14-/m1/s1. The van der Waals surface area contributed by atoms with Gasteiger partial charge in [-0.15, -0.1) is 0 Å². The van der Waals surface area contributed by atoms with E-state index in [4.69, 9.17) is 4.74 Å². The number of halogens is 1. The number of hydrogen-bond acceptors (Lipinski definition) is 5. The van der Waals surface area contributed by atoms with Crippen molar-refractivity contribution in [3.63, 3.8) is 0 Å². The van der Waals surface area contributed by atoms with Crippen LogP contribution < -0.4 is 16.6 Å². The average Bonchev–Trinajstić information content (AvgIpc) is 2.75. The Morgan fingerprint density at radius 3 is 2.47 bits per heavy atom. The number of rotatable bonds is 7. The van der Waals surface area contributed by atoms with Gasteiger partial charge in [-0.25, -0.2) is 13.8 Å². The average molecular weight is 412 g/mol. The van der Waals surface area contributed by atoms with E-state index < -0.39 is 34.7 Å². The number of methoxy groups -OCH3 is 1. The number of para-hydroxylation sites is 1. The Balaban J connectivity index is 2.22. The summed E-state index contributed by atoms with van der Waals surface area (Å²) >= 11 is 0. The predicted molar refractivity (Wildman–Crippen MR) is 109 cm³/mol. The van der Waals surface area contributed by atoms with Crippen LogP contribution in [0.4, 0.5) is 4.39 Å². The molecule has 0 spiro atoms. The smallest absolute Gasteiger partial charge is 0.352 e. The highest BCUT2D eigenvalue weighted by Crippen LogP contribution is 2.15. The van der Waals surface area contributed by atoms with Crippen LogP contribution >= 0.6 is 0 Å². The minimum Gasteiger partial charge on any atom is -0.383 e. The van der Waals surface area contributed by atoms with Crippen molar-refractivity contribution in [2.45, 2.75) is 13.0 Å². The lowest BCUT2D eigenvalue weighted by atomic mass is 10.1. The second kappa shape index (κ2) is 9.27. The summed E-state index contributed by atoms with van der Waals surface area (Å²) in [5, 5.41) is 6.41. The van der Waals surface area contributed by atoms with E-state index in [0.29, 0.717) is 5.56 Å². The third-order valence-electron chi connectivity index (χ3n) is 4.57. The summed E-state index contributed by atoms with van der Waals surface area (Å²) in [7, 11) is 1.47. The molecule has 0 bridgehead atoms. The van der Waals surface area contributed by atoms with Crippen molar-refractivity contribution in [1.82, 2.24) is 19.7 Å². The molecule has 30 heavy (non-hydrogen) atoms. The van der Waals surface area contributed by atoms with E-state index in [1.165, 1.54) is 25.3 Å². The molecule has 0 fully saturated rings. The number of amides is 1. The SMILES string of the molecule is COCCNC(=O)c1nn(-c2ccccc2F)c(=O)n([C@H](C)c2ccccc2)c1=O. The molecule has 0 aliphatic rings. The fourth-order valence-corrected chi connectivity index (χ4v) is 2.98. The first-order valence-corrected chi connectivity index (χ1v) is 9.28. The lowest BCUT2D eigenvalue weighted by Gasteiger charge is -2.18. The molecule has 1 heterocycles. The van der Waals surface area contributed by atoms with E-state index in [1.807, 2.05) is 0 Å². The maximum atomic E-state index is 14.4. The summed E-state index contributed by atoms with van der Waals surface area (Å²) in [6.07, 6.45) is 0. The van der Waals surface area contributed by atoms with Crippen molar-refractivity contribution in [1.29, 1.82) is 0 Å². The van der Waals surface area contributed by atoms with Crippen LogP contribution in [-0.4, -0.2) is 40.5 Å². The Hall–Kier alpha value is -3.59. The number of nitrogens with one attached hydrogen (secondary N) is 1. The van der Waals surface area contributed by atoms with Crippen LogP contribution in [0.1, 0.15) is 29.0 Å². The zero-order valence-electron chi connectivity index (χ0n) is 16.5. The molecule has 1 atom stereocenters. The number of aromatic nitrogens is 3. The number of hydrogen-bond donors (Lipinski definition) is 1. The molecular weight excluding hydrogens is 391 g/mol. The summed E-state index contributed by atoms with van der Waals surface area (Å²) in [6, 6.07) is 13.6. The monoisotopic (exact) mass is 412 g/mol. The Kier molecular flexibility index (Phi) is 6.53. The molecule has 1 amide bonds. The Morgan fingerprint density at radius 2 is 1.80 bits per heavy atom. The third kappa shape index (κ3) is 4.20. The molecule has 9 heteroatoms. The van der Waals surface area contributed by atoms with Crippen LogP contribution in [0.5, 0.6) is 0 Å². The van der Waals surface area contributed by atoms with Crippen LogP contribution in [0.15, 0.2) is 64.2 Å². The van der Waals surface area contributed by atoms with E-state index in [2.05, 4.69) is 10.4 Å². The van der Waals surface area contributed by atoms with Gasteiger partial charge in [-0.2, -0.15) is 9.78 Å². The Labute approximate surface area is 171 Å². The molecule has 0 radical (unpaired) electrons. The number of carbonyl (C=O) groups is 1. The number of ether oxygens (including phenoxy) is 1. The van der Waals surface area contributed by atoms with Crippen LogP contribution in [0.2, 0.25) is 0 Å². The summed E-state index contributed by atoms with van der Waals surface area (Å²) in [5.41, 5.74) is -1.72. The topological polar surface area (TPSA) is 95.2 Å². The van der Waals surface area contributed by atoms with Crippen LogP contribution in [0.25, 0.3) is 5.69 Å². The summed E-state index contributed by atoms with van der Waals surface area (Å²) < 4.78 is 20.9. The van der Waals surface area contributed by atoms with E-state index in [9.17, 15) is 18.8 Å². The second-order valence-corrected chi connectivity index (χ2v) is 6.50. The molecule has 8 nitrogen and oxygen atoms in total. The highest BCUT2D eigenvalue weighted by atomic mass is 19.1. The molecule has 3 rings (SSSR count). The van der Waals surface area contributed by atoms with Gasteiger partial charge >= 0.3 is 5.69 Å². The normalized spacial score (nSPS) is 11.8. The molecule has 0 aliphatic heterocycles. The zero-order valence-corrected chi connectivity index (χ0v) is 16.5. The van der Waals surface area contributed by atoms with Crippen molar-refractivity contribution in [2.24, 2.45) is 0 Å². The van der Waals surface area contributed by atoms with E-state index in [-0.39, 0.29) is 18.8 Å². The lowest BCUT2D eigenvalue weighted by molar-refractivity contribution is 0.0927. The van der Waals surface area contributed by atoms with Gasteiger partial charge in [-0.3, -0.25) is 9.59 Å². The molecule has 1 N–H and O–H groups in total. The lowest BCUT2D eigenvalue weighted by Crippen LogP contribution is -2.47. The highest BCUT2D eigenvalue weighted by Gasteiger charge is 2.24. The Morgan fingerprint density at radius 1 is 1.13 bits per heavy atom. The van der Waals surface area contributed by atoms with E-state index in [1.54, 1.807) is 37.3 Å². The minimum absolute atomic E-state index is 0.142. The van der Waals surface area contributed by atoms with Gasteiger partial charge in [0.05, 0.1) is 12.6 Å². The van der Waals surface area contributed by atoms with Gasteiger partial charge in [0.25, 0.3) is 11.5 Å². The van der Waals surface area contributed by atoms with Gasteiger partial charge in [0, 0.05) is 13.7 Å². The van der Waals surface area contributed by atoms with Crippen molar-refractivity contribution < 1.29 is 13.9 Å². The summed E-state index contributed by atoms with van der Waals surface area (Å²) in [5.74, 6) is -1.49. The maximum absolute atomic E-state index is 14.4. The van der Waals surface area contributed by atoms with E-state index >= 15 is 0 Å². The van der Waals surface area contributed by atoms with Crippen LogP contribution in [0, 0.1) is 5.82 Å². The Bertz CT molecular complexity index is 1160. The van der Waals surface area contributed by atoms with Crippen molar-refractivity contribution in [3.05, 3.63) is 92.5 Å². The second-order valence-electron chi connectivity index (χ2n) is 6.50. The third-order valence-corrected chi connectivity index (χ3v) is 4.57. The number of nitrogens with zero attached hydrogens (tertiary/aromatic N) is 3. The highest BCUT2D eigenvalue weighted by molar-refractivity contribution is 5.91. The van der Waals surface area contributed by atoms with Gasteiger partial charge in [-0.05, 0) is 24.6 Å². The molecule has 0 saturated heterocycles. The van der Waals surface area contributed by atoms with Crippen molar-refractivity contribution >= 4 is 5.91 Å². The molecule has 156 valence electrons. The number of benzene rings is 2. The van der Waals surface area contributed by atoms with Crippen LogP contribution in [-0.2, 0) is 4.74 Å². The fourth-order valence-electron chi connectivity index (χ4n) is 2.98. The molecule has 0 aliphatic carbocycles. The molecule has 3 aromatic rings. The van der Waals surface area contributed by atoms with Crippen LogP contribution in [0.3, 0.4) is 0 Å². The largest absolute Gasteiger partial charge is 0.383 e. The molecule has 2 aromatic carbocycles. The fraction of sp³-hybridized carbons (Fsp3) is 0.238. The first-order valence-electron chi connectivity index (χ1n) is 9.28. The molecule has 0 unspecified atom stereocenters. The van der Waals surface area contributed by atoms with Crippen molar-refractivity contribution in [2.75, 3.05) is 20.3 Å². The van der Waals surface area contributed by atoms with Crippen molar-refractivity contribution in [3.8, 4) is 5.69 Å². The van der Waals surface area contributed by atoms with Gasteiger partial charge < -0.3 is 10.1 Å². The first kappa shape index (κ1) is 21.1. The quantitative estimate of drug-likeness (QED) is 0.594. The summed E-state index contributed by atoms with van der Waals surface area (Å²) in [4.78, 5) is 38.8. The molecule has 0 saturated carbocycles. The molecule has 1 aromatic heterocycles. The number of carbonyl (C=O) groups excluding carboxylic acids is 1. The minimum atomic E-state index is -0.862. The summed E-state index contributed by atoms with van der Waals surface area (Å²) in [6.45, 7) is 2.02. The molecular formula is C21H21FN4O4. The van der Waals surface area contributed by atoms with Gasteiger partial charge in [-0.1, -0.05) is 42.5 Å². The van der Waals surface area contributed by atoms with Gasteiger partial charge in [0.15, 0.2) is 0 Å². The van der Waals surface area contributed by atoms with Gasteiger partial charge in [0.1, 0.15) is 11.5 Å². The predicted octanol–water partition coefficient (Wildman–Crippen LogP) is 1.52. The van der Waals surface area contributed by atoms with Gasteiger partial charge in [0.2, 0.25) is 5.69 Å². The zero-order chi connectivity index (χ0) is 21.7. The maximum Gasteiger partial charge on any atom is 0.352 e. The first-order chi connectivity index (χ1) is 14.5. The van der Waals surface area contributed by atoms with E-state index in [0.717, 1.165) is 15.3 Å².